The molecule has 0 aliphatic heterocycles. The van der Waals surface area contributed by atoms with Gasteiger partial charge in [-0.25, -0.2) is 0 Å². The summed E-state index contributed by atoms with van der Waals surface area (Å²) in [5.41, 5.74) is 6.74. The van der Waals surface area contributed by atoms with Crippen LogP contribution in [0.5, 0.6) is 5.75 Å². The molecule has 1 aromatic heterocycles. The maximum Gasteiger partial charge on any atom is 0.266 e. The lowest BCUT2D eigenvalue weighted by Crippen LogP contribution is -2.41. The molecule has 20 heavy (non-hydrogen) atoms. The number of rotatable bonds is 3. The number of ether oxygens (including phenoxy) is 1. The van der Waals surface area contributed by atoms with Crippen molar-refractivity contribution in [3.8, 4) is 5.75 Å². The fourth-order valence-corrected chi connectivity index (χ4v) is 3.62. The van der Waals surface area contributed by atoms with Crippen molar-refractivity contribution in [3.05, 3.63) is 23.1 Å². The van der Waals surface area contributed by atoms with E-state index in [1.54, 1.807) is 7.11 Å². The highest BCUT2D eigenvalue weighted by molar-refractivity contribution is 7.21. The molecule has 0 bridgehead atoms. The fraction of sp³-hybridized carbons (Fsp3) is 0.400. The zero-order valence-corrected chi connectivity index (χ0v) is 12.5. The molecule has 1 heterocycles. The maximum atomic E-state index is 12.5. The van der Waals surface area contributed by atoms with Crippen LogP contribution in [-0.2, 0) is 0 Å². The molecule has 2 N–H and O–H groups in total. The number of amides is 1. The van der Waals surface area contributed by atoms with Crippen LogP contribution in [0.1, 0.15) is 28.9 Å². The Morgan fingerprint density at radius 3 is 2.80 bits per heavy atom. The molecule has 0 radical (unpaired) electrons. The van der Waals surface area contributed by atoms with E-state index >= 15 is 0 Å². The van der Waals surface area contributed by atoms with E-state index in [0.717, 1.165) is 28.7 Å². The van der Waals surface area contributed by atoms with Crippen LogP contribution in [0.25, 0.3) is 10.1 Å². The molecular weight excluding hydrogens is 272 g/mol. The minimum Gasteiger partial charge on any atom is -0.497 e. The lowest BCUT2D eigenvalue weighted by Gasteiger charge is -2.34. The molecule has 2 aromatic rings. The lowest BCUT2D eigenvalue weighted by atomic mass is 9.92. The molecule has 5 heteroatoms. The number of nitrogen functional groups attached to an aromatic ring is 1. The van der Waals surface area contributed by atoms with E-state index in [4.69, 9.17) is 10.5 Å². The second-order valence-corrected chi connectivity index (χ2v) is 6.26. The normalized spacial score (nSPS) is 15.1. The number of nitrogens with zero attached hydrogens (tertiary/aromatic N) is 1. The maximum absolute atomic E-state index is 12.5. The third kappa shape index (κ3) is 2.02. The van der Waals surface area contributed by atoms with Crippen molar-refractivity contribution < 1.29 is 9.53 Å². The molecule has 0 unspecified atom stereocenters. The number of anilines is 1. The first-order chi connectivity index (χ1) is 9.61. The molecule has 1 fully saturated rings. The summed E-state index contributed by atoms with van der Waals surface area (Å²) in [6.45, 7) is 0. The molecular formula is C15H18N2O2S. The predicted molar refractivity (Wildman–Crippen MR) is 82.5 cm³/mol. The van der Waals surface area contributed by atoms with Crippen molar-refractivity contribution >= 4 is 33.0 Å². The first-order valence-corrected chi connectivity index (χ1v) is 7.56. The quantitative estimate of drug-likeness (QED) is 0.945. The largest absolute Gasteiger partial charge is 0.497 e. The van der Waals surface area contributed by atoms with E-state index in [9.17, 15) is 4.79 Å². The zero-order chi connectivity index (χ0) is 14.3. The summed E-state index contributed by atoms with van der Waals surface area (Å²) in [6.07, 6.45) is 3.41. The van der Waals surface area contributed by atoms with Gasteiger partial charge in [0.2, 0.25) is 0 Å². The molecule has 106 valence electrons. The summed E-state index contributed by atoms with van der Waals surface area (Å²) in [4.78, 5) is 15.0. The van der Waals surface area contributed by atoms with Gasteiger partial charge in [0, 0.05) is 23.2 Å². The average Bonchev–Trinajstić information content (AvgIpc) is 2.72. The second-order valence-electron chi connectivity index (χ2n) is 5.21. The van der Waals surface area contributed by atoms with Crippen molar-refractivity contribution in [1.29, 1.82) is 0 Å². The molecule has 3 rings (SSSR count). The highest BCUT2D eigenvalue weighted by Gasteiger charge is 2.28. The first kappa shape index (κ1) is 13.2. The molecule has 1 aromatic carbocycles. The van der Waals surface area contributed by atoms with Gasteiger partial charge in [0.1, 0.15) is 10.6 Å². The smallest absolute Gasteiger partial charge is 0.266 e. The molecule has 1 aliphatic rings. The van der Waals surface area contributed by atoms with Gasteiger partial charge in [-0.1, -0.05) is 0 Å². The summed E-state index contributed by atoms with van der Waals surface area (Å²) < 4.78 is 6.21. The van der Waals surface area contributed by atoms with Gasteiger partial charge in [-0.15, -0.1) is 11.3 Å². The van der Waals surface area contributed by atoms with Crippen LogP contribution in [0.2, 0.25) is 0 Å². The number of hydrogen-bond acceptors (Lipinski definition) is 4. The van der Waals surface area contributed by atoms with Crippen LogP contribution in [-0.4, -0.2) is 31.0 Å². The Labute approximate surface area is 122 Å². The Kier molecular flexibility index (Phi) is 3.30. The topological polar surface area (TPSA) is 55.6 Å². The molecule has 1 aliphatic carbocycles. The second kappa shape index (κ2) is 4.98. The van der Waals surface area contributed by atoms with Crippen molar-refractivity contribution in [2.45, 2.75) is 25.3 Å². The molecule has 4 nitrogen and oxygen atoms in total. The Hall–Kier alpha value is -1.75. The van der Waals surface area contributed by atoms with Gasteiger partial charge < -0.3 is 15.4 Å². The minimum atomic E-state index is 0.0346. The number of methoxy groups -OCH3 is 1. The van der Waals surface area contributed by atoms with Crippen LogP contribution in [0.3, 0.4) is 0 Å². The lowest BCUT2D eigenvalue weighted by molar-refractivity contribution is 0.0658. The van der Waals surface area contributed by atoms with Gasteiger partial charge in [-0.2, -0.15) is 0 Å². The van der Waals surface area contributed by atoms with Gasteiger partial charge in [0.25, 0.3) is 5.91 Å². The van der Waals surface area contributed by atoms with E-state index in [-0.39, 0.29) is 5.91 Å². The molecule has 0 atom stereocenters. The molecule has 0 saturated heterocycles. The van der Waals surface area contributed by atoms with Gasteiger partial charge in [0.05, 0.1) is 12.8 Å². The summed E-state index contributed by atoms with van der Waals surface area (Å²) in [5, 5.41) is 0.932. The van der Waals surface area contributed by atoms with E-state index in [1.807, 2.05) is 30.1 Å². The van der Waals surface area contributed by atoms with Crippen molar-refractivity contribution in [3.63, 3.8) is 0 Å². The van der Waals surface area contributed by atoms with Crippen molar-refractivity contribution in [2.75, 3.05) is 19.9 Å². The zero-order valence-electron chi connectivity index (χ0n) is 11.7. The third-order valence-electron chi connectivity index (χ3n) is 4.07. The SMILES string of the molecule is COc1ccc2c(N)c(C(=O)N(C)C3CCC3)sc2c1. The summed E-state index contributed by atoms with van der Waals surface area (Å²) in [7, 11) is 3.51. The first-order valence-electron chi connectivity index (χ1n) is 6.75. The standard InChI is InChI=1S/C15H18N2O2S/c1-17(9-4-3-5-9)15(18)14-13(16)11-7-6-10(19-2)8-12(11)20-14/h6-9H,3-5,16H2,1-2H3. The summed E-state index contributed by atoms with van der Waals surface area (Å²) in [6, 6.07) is 6.09. The van der Waals surface area contributed by atoms with E-state index in [0.29, 0.717) is 16.6 Å². The highest BCUT2D eigenvalue weighted by Crippen LogP contribution is 2.37. The van der Waals surface area contributed by atoms with Gasteiger partial charge >= 0.3 is 0 Å². The van der Waals surface area contributed by atoms with Gasteiger partial charge in [0.15, 0.2) is 0 Å². The van der Waals surface area contributed by atoms with E-state index in [2.05, 4.69) is 0 Å². The monoisotopic (exact) mass is 290 g/mol. The van der Waals surface area contributed by atoms with Crippen LogP contribution < -0.4 is 10.5 Å². The molecule has 1 amide bonds. The fourth-order valence-electron chi connectivity index (χ4n) is 2.48. The Morgan fingerprint density at radius 1 is 1.45 bits per heavy atom. The number of carbonyl (C=O) groups excluding carboxylic acids is 1. The number of hydrogen-bond donors (Lipinski definition) is 1. The van der Waals surface area contributed by atoms with Crippen molar-refractivity contribution in [1.82, 2.24) is 4.90 Å². The number of benzene rings is 1. The van der Waals surface area contributed by atoms with Crippen molar-refractivity contribution in [2.24, 2.45) is 0 Å². The van der Waals surface area contributed by atoms with Gasteiger partial charge in [-0.05, 0) is 37.5 Å². The number of carbonyl (C=O) groups is 1. The Morgan fingerprint density at radius 2 is 2.20 bits per heavy atom. The van der Waals surface area contributed by atoms with Gasteiger partial charge in [-0.3, -0.25) is 4.79 Å². The third-order valence-corrected chi connectivity index (χ3v) is 5.23. The summed E-state index contributed by atoms with van der Waals surface area (Å²) >= 11 is 1.45. The van der Waals surface area contributed by atoms with E-state index in [1.165, 1.54) is 17.8 Å². The Bertz CT molecular complexity index is 661. The molecule has 1 saturated carbocycles. The number of fused-ring (bicyclic) bond motifs is 1. The number of thiophene rings is 1. The Balaban J connectivity index is 1.98. The number of nitrogens with two attached hydrogens (primary N) is 1. The molecule has 0 spiro atoms. The van der Waals surface area contributed by atoms with Crippen LogP contribution in [0.15, 0.2) is 18.2 Å². The van der Waals surface area contributed by atoms with Crippen LogP contribution in [0.4, 0.5) is 5.69 Å². The summed E-state index contributed by atoms with van der Waals surface area (Å²) in [5.74, 6) is 0.817. The average molecular weight is 290 g/mol. The highest BCUT2D eigenvalue weighted by atomic mass is 32.1. The predicted octanol–water partition coefficient (Wildman–Crippen LogP) is 3.12. The van der Waals surface area contributed by atoms with Crippen LogP contribution >= 0.6 is 11.3 Å². The van der Waals surface area contributed by atoms with Crippen LogP contribution in [0, 0.1) is 0 Å². The minimum absolute atomic E-state index is 0.0346. The van der Waals surface area contributed by atoms with E-state index < -0.39 is 0 Å².